The van der Waals surface area contributed by atoms with Crippen LogP contribution in [0.25, 0.3) is 19.4 Å². The summed E-state index contributed by atoms with van der Waals surface area (Å²) in [5, 5.41) is 2.77. The molecule has 0 N–H and O–H groups in total. The summed E-state index contributed by atoms with van der Waals surface area (Å²) in [6.07, 6.45) is 1.92. The molecule has 0 amide bonds. The Morgan fingerprint density at radius 1 is 1.14 bits per heavy atom. The fraction of sp³-hybridized carbons (Fsp3) is 0.0833. The molecule has 0 aliphatic heterocycles. The van der Waals surface area contributed by atoms with Gasteiger partial charge in [0, 0.05) is 0 Å². The Morgan fingerprint density at radius 3 is 2.93 bits per heavy atom. The molecule has 3 aromatic rings. The molecule has 0 saturated heterocycles. The van der Waals surface area contributed by atoms with E-state index >= 15 is 0 Å². The molecule has 0 spiro atoms. The zero-order valence-electron chi connectivity index (χ0n) is 7.82. The Morgan fingerprint density at radius 2 is 2.00 bits per heavy atom. The Balaban J connectivity index is 2.65. The van der Waals surface area contributed by atoms with Crippen LogP contribution in [0, 0.1) is 6.92 Å². The second-order valence-electron chi connectivity index (χ2n) is 3.41. The first kappa shape index (κ1) is 8.22. The van der Waals surface area contributed by atoms with E-state index in [2.05, 4.69) is 42.2 Å². The van der Waals surface area contributed by atoms with Crippen LogP contribution in [0.15, 0.2) is 36.5 Å². The number of pyridine rings is 1. The summed E-state index contributed by atoms with van der Waals surface area (Å²) in [7, 11) is 0. The number of rotatable bonds is 0. The van der Waals surface area contributed by atoms with Gasteiger partial charge in [0.25, 0.3) is 0 Å². The van der Waals surface area contributed by atoms with Crippen molar-refractivity contribution in [2.45, 2.75) is 6.92 Å². The summed E-state index contributed by atoms with van der Waals surface area (Å²) >= 11 is 0.415. The second-order valence-corrected chi connectivity index (χ2v) is 5.57. The SMILES string of the molecule is Cc1ccnc2[se]c3ccccc3c12. The predicted octanol–water partition coefficient (Wildman–Crippen LogP) is 2.75. The minimum absolute atomic E-state index is 0.415. The molecule has 0 saturated carbocycles. The van der Waals surface area contributed by atoms with Crippen LogP contribution in [0.2, 0.25) is 0 Å². The first-order valence-electron chi connectivity index (χ1n) is 4.59. The van der Waals surface area contributed by atoms with Gasteiger partial charge in [-0.2, -0.15) is 0 Å². The maximum absolute atomic E-state index is 4.46. The van der Waals surface area contributed by atoms with E-state index in [0.29, 0.717) is 14.5 Å². The Bertz CT molecular complexity index is 610. The van der Waals surface area contributed by atoms with Crippen molar-refractivity contribution in [1.82, 2.24) is 4.98 Å². The molecule has 0 atom stereocenters. The summed E-state index contributed by atoms with van der Waals surface area (Å²) in [6, 6.07) is 10.7. The van der Waals surface area contributed by atoms with Crippen molar-refractivity contribution >= 4 is 33.9 Å². The molecule has 0 aliphatic rings. The molecule has 3 rings (SSSR count). The van der Waals surface area contributed by atoms with Gasteiger partial charge in [0.2, 0.25) is 0 Å². The van der Waals surface area contributed by atoms with Crippen LogP contribution in [-0.2, 0) is 0 Å². The normalized spacial score (nSPS) is 11.2. The molecule has 0 radical (unpaired) electrons. The average molecular weight is 246 g/mol. The van der Waals surface area contributed by atoms with E-state index < -0.39 is 0 Å². The standard InChI is InChI=1S/C12H9NSe/c1-8-6-7-13-12-11(8)9-4-2-3-5-10(9)14-12/h2-7H,1H3. The molecule has 2 heteroatoms. The summed E-state index contributed by atoms with van der Waals surface area (Å²) in [5.41, 5.74) is 1.35. The number of benzene rings is 1. The number of nitrogens with zero attached hydrogens (tertiary/aromatic N) is 1. The van der Waals surface area contributed by atoms with Gasteiger partial charge >= 0.3 is 87.9 Å². The van der Waals surface area contributed by atoms with Crippen molar-refractivity contribution < 1.29 is 0 Å². The van der Waals surface area contributed by atoms with E-state index in [4.69, 9.17) is 0 Å². The first-order chi connectivity index (χ1) is 6.86. The third-order valence-corrected chi connectivity index (χ3v) is 4.75. The Kier molecular flexibility index (Phi) is 1.73. The molecular weight excluding hydrogens is 237 g/mol. The van der Waals surface area contributed by atoms with Crippen molar-refractivity contribution in [3.63, 3.8) is 0 Å². The molecule has 0 unspecified atom stereocenters. The predicted molar refractivity (Wildman–Crippen MR) is 60.9 cm³/mol. The molecule has 0 aliphatic carbocycles. The zero-order chi connectivity index (χ0) is 9.54. The van der Waals surface area contributed by atoms with Gasteiger partial charge in [-0.1, -0.05) is 0 Å². The number of hydrogen-bond acceptors (Lipinski definition) is 1. The van der Waals surface area contributed by atoms with Crippen molar-refractivity contribution in [3.8, 4) is 0 Å². The van der Waals surface area contributed by atoms with Crippen LogP contribution in [-0.4, -0.2) is 19.5 Å². The van der Waals surface area contributed by atoms with E-state index in [0.717, 1.165) is 0 Å². The van der Waals surface area contributed by atoms with E-state index in [-0.39, 0.29) is 0 Å². The molecule has 2 aromatic heterocycles. The van der Waals surface area contributed by atoms with Gasteiger partial charge in [-0.25, -0.2) is 0 Å². The van der Waals surface area contributed by atoms with E-state index in [1.54, 1.807) is 0 Å². The van der Waals surface area contributed by atoms with Crippen molar-refractivity contribution in [2.75, 3.05) is 0 Å². The van der Waals surface area contributed by atoms with E-state index in [9.17, 15) is 0 Å². The van der Waals surface area contributed by atoms with Gasteiger partial charge in [-0.3, -0.25) is 0 Å². The Hall–Kier alpha value is -1.11. The minimum atomic E-state index is 0.415. The number of hydrogen-bond donors (Lipinski definition) is 0. The van der Waals surface area contributed by atoms with Crippen LogP contribution in [0.1, 0.15) is 5.56 Å². The van der Waals surface area contributed by atoms with Crippen molar-refractivity contribution in [2.24, 2.45) is 0 Å². The first-order valence-corrected chi connectivity index (χ1v) is 6.30. The quantitative estimate of drug-likeness (QED) is 0.556. The van der Waals surface area contributed by atoms with Gasteiger partial charge in [0.05, 0.1) is 0 Å². The van der Waals surface area contributed by atoms with Crippen LogP contribution in [0.5, 0.6) is 0 Å². The molecule has 0 bridgehead atoms. The molecule has 68 valence electrons. The number of fused-ring (bicyclic) bond motifs is 3. The average Bonchev–Trinajstić information content (AvgIpc) is 2.57. The molecule has 1 aromatic carbocycles. The zero-order valence-corrected chi connectivity index (χ0v) is 9.53. The van der Waals surface area contributed by atoms with Crippen LogP contribution < -0.4 is 0 Å². The van der Waals surface area contributed by atoms with E-state index in [1.807, 2.05) is 6.20 Å². The fourth-order valence-electron chi connectivity index (χ4n) is 1.80. The molecular formula is C12H9NSe. The van der Waals surface area contributed by atoms with Crippen molar-refractivity contribution in [3.05, 3.63) is 42.1 Å². The fourth-order valence-corrected chi connectivity index (χ4v) is 4.16. The monoisotopic (exact) mass is 247 g/mol. The van der Waals surface area contributed by atoms with Gasteiger partial charge in [0.1, 0.15) is 0 Å². The summed E-state index contributed by atoms with van der Waals surface area (Å²) in [6.45, 7) is 2.17. The van der Waals surface area contributed by atoms with Gasteiger partial charge in [0.15, 0.2) is 0 Å². The second kappa shape index (κ2) is 2.94. The Labute approximate surface area is 88.1 Å². The topological polar surface area (TPSA) is 12.9 Å². The summed E-state index contributed by atoms with van der Waals surface area (Å²) < 4.78 is 2.76. The summed E-state index contributed by atoms with van der Waals surface area (Å²) in [4.78, 5) is 4.46. The van der Waals surface area contributed by atoms with E-state index in [1.165, 1.54) is 25.0 Å². The van der Waals surface area contributed by atoms with Gasteiger partial charge in [-0.15, -0.1) is 0 Å². The van der Waals surface area contributed by atoms with Crippen LogP contribution in [0.4, 0.5) is 0 Å². The number of aryl methyl sites for hydroxylation is 1. The van der Waals surface area contributed by atoms with Gasteiger partial charge < -0.3 is 0 Å². The number of aromatic nitrogens is 1. The third-order valence-electron chi connectivity index (χ3n) is 2.49. The molecule has 1 nitrogen and oxygen atoms in total. The maximum atomic E-state index is 4.46. The van der Waals surface area contributed by atoms with Crippen LogP contribution >= 0.6 is 0 Å². The molecule has 14 heavy (non-hydrogen) atoms. The molecule has 0 fully saturated rings. The van der Waals surface area contributed by atoms with Crippen molar-refractivity contribution in [1.29, 1.82) is 0 Å². The summed E-state index contributed by atoms with van der Waals surface area (Å²) in [5.74, 6) is 0. The molecule has 2 heterocycles. The third kappa shape index (κ3) is 1.05. The van der Waals surface area contributed by atoms with Gasteiger partial charge in [-0.05, 0) is 0 Å². The van der Waals surface area contributed by atoms with Crippen LogP contribution in [0.3, 0.4) is 0 Å².